The molecule has 3 aliphatic rings. The summed E-state index contributed by atoms with van der Waals surface area (Å²) in [4.78, 5) is 17.2. The minimum Gasteiger partial charge on any atom is -0.383 e. The quantitative estimate of drug-likeness (QED) is 0.776. The van der Waals surface area contributed by atoms with E-state index in [1.54, 1.807) is 18.4 Å². The van der Waals surface area contributed by atoms with Crippen LogP contribution in [0.25, 0.3) is 0 Å². The van der Waals surface area contributed by atoms with E-state index >= 15 is 0 Å². The first-order valence-electron chi connectivity index (χ1n) is 10.1. The molecule has 4 rings (SSSR count). The number of hydrogen-bond donors (Lipinski definition) is 1. The third kappa shape index (κ3) is 4.07. The number of fused-ring (bicyclic) bond motifs is 2. The molecule has 1 aromatic heterocycles. The molecule has 3 aliphatic heterocycles. The zero-order valence-corrected chi connectivity index (χ0v) is 16.9. The smallest absolute Gasteiger partial charge is 0.261 e. The third-order valence-corrected chi connectivity index (χ3v) is 7.46. The van der Waals surface area contributed by atoms with Gasteiger partial charge < -0.3 is 19.5 Å². The fourth-order valence-electron chi connectivity index (χ4n) is 4.56. The predicted octanol–water partition coefficient (Wildman–Crippen LogP) is 2.17. The van der Waals surface area contributed by atoms with Gasteiger partial charge in [-0.3, -0.25) is 9.69 Å². The maximum absolute atomic E-state index is 12.4. The van der Waals surface area contributed by atoms with Crippen molar-refractivity contribution < 1.29 is 19.0 Å². The molecule has 1 aromatic rings. The van der Waals surface area contributed by atoms with Crippen LogP contribution >= 0.6 is 11.3 Å². The molecule has 0 unspecified atom stereocenters. The minimum absolute atomic E-state index is 0.00115. The van der Waals surface area contributed by atoms with E-state index < -0.39 is 0 Å². The summed E-state index contributed by atoms with van der Waals surface area (Å²) in [5.41, 5.74) is 1.12. The van der Waals surface area contributed by atoms with Gasteiger partial charge in [-0.25, -0.2) is 0 Å². The molecule has 0 aromatic carbocycles. The number of carbonyl (C=O) groups excluding carboxylic acids is 1. The number of nitrogens with zero attached hydrogens (tertiary/aromatic N) is 1. The summed E-state index contributed by atoms with van der Waals surface area (Å²) in [6, 6.07) is 2.74. The molecule has 6 nitrogen and oxygen atoms in total. The van der Waals surface area contributed by atoms with Crippen LogP contribution in [0.5, 0.6) is 0 Å². The van der Waals surface area contributed by atoms with E-state index in [-0.39, 0.29) is 11.5 Å². The van der Waals surface area contributed by atoms with Crippen LogP contribution < -0.4 is 5.32 Å². The molecule has 150 valence electrons. The second-order valence-electron chi connectivity index (χ2n) is 7.69. The van der Waals surface area contributed by atoms with Gasteiger partial charge in [0.25, 0.3) is 5.91 Å². The summed E-state index contributed by atoms with van der Waals surface area (Å²) in [7, 11) is 1.64. The second-order valence-corrected chi connectivity index (χ2v) is 8.74. The number of nitrogens with one attached hydrogen (secondary N) is 1. The summed E-state index contributed by atoms with van der Waals surface area (Å²) in [6.45, 7) is 5.74. The van der Waals surface area contributed by atoms with Crippen molar-refractivity contribution in [1.82, 2.24) is 10.2 Å². The largest absolute Gasteiger partial charge is 0.383 e. The molecule has 0 aliphatic carbocycles. The Hall–Kier alpha value is -0.990. The molecule has 27 heavy (non-hydrogen) atoms. The van der Waals surface area contributed by atoms with Gasteiger partial charge in [-0.1, -0.05) is 0 Å². The second kappa shape index (κ2) is 8.57. The highest BCUT2D eigenvalue weighted by Gasteiger charge is 2.43. The van der Waals surface area contributed by atoms with Crippen LogP contribution in [0.2, 0.25) is 0 Å². The molecule has 0 atom stereocenters. The molecule has 4 heterocycles. The van der Waals surface area contributed by atoms with Crippen molar-refractivity contribution in [3.8, 4) is 0 Å². The van der Waals surface area contributed by atoms with Gasteiger partial charge in [0.15, 0.2) is 0 Å². The van der Waals surface area contributed by atoms with Crippen molar-refractivity contribution in [2.45, 2.75) is 43.7 Å². The molecule has 0 radical (unpaired) electrons. The van der Waals surface area contributed by atoms with E-state index in [9.17, 15) is 4.79 Å². The summed E-state index contributed by atoms with van der Waals surface area (Å²) < 4.78 is 16.9. The lowest BCUT2D eigenvalue weighted by atomic mass is 9.84. The predicted molar refractivity (Wildman–Crippen MR) is 105 cm³/mol. The SMILES string of the molecule is COCCNC(=O)c1cc2c(s1)C1(CCN(C3CCOCC3)CC1)OCC2. The number of ether oxygens (including phenoxy) is 3. The number of rotatable bonds is 5. The van der Waals surface area contributed by atoms with Crippen LogP contribution in [0.3, 0.4) is 0 Å². The Balaban J connectivity index is 1.44. The zero-order chi connectivity index (χ0) is 18.7. The van der Waals surface area contributed by atoms with Crippen LogP contribution in [0, 0.1) is 0 Å². The first-order chi connectivity index (χ1) is 13.2. The molecule has 0 saturated carbocycles. The molecule has 2 fully saturated rings. The highest BCUT2D eigenvalue weighted by atomic mass is 32.1. The van der Waals surface area contributed by atoms with Crippen molar-refractivity contribution in [3.63, 3.8) is 0 Å². The number of methoxy groups -OCH3 is 1. The number of hydrogen-bond acceptors (Lipinski definition) is 6. The Kier molecular flexibility index (Phi) is 6.14. The maximum Gasteiger partial charge on any atom is 0.261 e. The fraction of sp³-hybridized carbons (Fsp3) is 0.750. The molecule has 1 spiro atoms. The first kappa shape index (κ1) is 19.3. The molecule has 7 heteroatoms. The molecular formula is C20H30N2O4S. The molecule has 2 saturated heterocycles. The van der Waals surface area contributed by atoms with E-state index in [0.29, 0.717) is 19.2 Å². The van der Waals surface area contributed by atoms with Gasteiger partial charge >= 0.3 is 0 Å². The number of carbonyl (C=O) groups is 1. The number of piperidine rings is 1. The van der Waals surface area contributed by atoms with Gasteiger partial charge in [-0.05, 0) is 43.7 Å². The molecule has 1 N–H and O–H groups in total. The maximum atomic E-state index is 12.4. The third-order valence-electron chi connectivity index (χ3n) is 6.10. The van der Waals surface area contributed by atoms with Crippen LogP contribution in [0.4, 0.5) is 0 Å². The van der Waals surface area contributed by atoms with Crippen LogP contribution in [-0.2, 0) is 26.2 Å². The topological polar surface area (TPSA) is 60.0 Å². The average molecular weight is 395 g/mol. The molecule has 0 bridgehead atoms. The van der Waals surface area contributed by atoms with E-state index in [0.717, 1.165) is 69.9 Å². The first-order valence-corrected chi connectivity index (χ1v) is 10.9. The number of thiophene rings is 1. The monoisotopic (exact) mass is 394 g/mol. The summed E-state index contributed by atoms with van der Waals surface area (Å²) in [6.07, 6.45) is 5.22. The standard InChI is InChI=1S/C20H30N2O4S/c1-24-13-7-21-19(23)17-14-15-2-12-26-20(18(15)27-17)5-8-22(9-6-20)16-3-10-25-11-4-16/h14,16H,2-13H2,1H3,(H,21,23). The summed E-state index contributed by atoms with van der Waals surface area (Å²) in [5.74, 6) is 0.00115. The van der Waals surface area contributed by atoms with Crippen molar-refractivity contribution in [2.75, 3.05) is 53.2 Å². The van der Waals surface area contributed by atoms with Crippen molar-refractivity contribution in [3.05, 3.63) is 21.4 Å². The normalized spacial score (nSPS) is 23.3. The van der Waals surface area contributed by atoms with Gasteiger partial charge in [-0.2, -0.15) is 0 Å². The molecule has 1 amide bonds. The van der Waals surface area contributed by atoms with Crippen molar-refractivity contribution >= 4 is 17.2 Å². The average Bonchev–Trinajstić information content (AvgIpc) is 3.16. The minimum atomic E-state index is -0.190. The van der Waals surface area contributed by atoms with Crippen LogP contribution in [-0.4, -0.2) is 70.0 Å². The molecular weight excluding hydrogens is 364 g/mol. The highest BCUT2D eigenvalue weighted by molar-refractivity contribution is 7.14. The number of likely N-dealkylation sites (tertiary alicyclic amines) is 1. The lowest BCUT2D eigenvalue weighted by Crippen LogP contribution is -2.50. The lowest BCUT2D eigenvalue weighted by Gasteiger charge is -2.46. The van der Waals surface area contributed by atoms with Gasteiger partial charge in [0.05, 0.1) is 18.1 Å². The summed E-state index contributed by atoms with van der Waals surface area (Å²) in [5, 5.41) is 2.94. The zero-order valence-electron chi connectivity index (χ0n) is 16.1. The van der Waals surface area contributed by atoms with Crippen LogP contribution in [0.15, 0.2) is 6.07 Å². The Morgan fingerprint density at radius 2 is 2.11 bits per heavy atom. The van der Waals surface area contributed by atoms with Gasteiger partial charge in [0, 0.05) is 50.9 Å². The van der Waals surface area contributed by atoms with E-state index in [4.69, 9.17) is 14.2 Å². The van der Waals surface area contributed by atoms with Crippen molar-refractivity contribution in [2.24, 2.45) is 0 Å². The van der Waals surface area contributed by atoms with E-state index in [1.807, 2.05) is 0 Å². The fourth-order valence-corrected chi connectivity index (χ4v) is 5.89. The van der Waals surface area contributed by atoms with Crippen LogP contribution in [0.1, 0.15) is 45.8 Å². The Labute approximate surface area is 165 Å². The number of amides is 1. The van der Waals surface area contributed by atoms with Crippen molar-refractivity contribution in [1.29, 1.82) is 0 Å². The highest BCUT2D eigenvalue weighted by Crippen LogP contribution is 2.46. The van der Waals surface area contributed by atoms with Gasteiger partial charge in [-0.15, -0.1) is 11.3 Å². The van der Waals surface area contributed by atoms with Gasteiger partial charge in [0.1, 0.15) is 5.60 Å². The van der Waals surface area contributed by atoms with Gasteiger partial charge in [0.2, 0.25) is 0 Å². The Morgan fingerprint density at radius 1 is 1.33 bits per heavy atom. The Bertz CT molecular complexity index is 648. The Morgan fingerprint density at radius 3 is 2.85 bits per heavy atom. The summed E-state index contributed by atoms with van der Waals surface area (Å²) >= 11 is 1.63. The van der Waals surface area contributed by atoms with E-state index in [2.05, 4.69) is 16.3 Å². The lowest BCUT2D eigenvalue weighted by molar-refractivity contribution is -0.105. The van der Waals surface area contributed by atoms with E-state index in [1.165, 1.54) is 10.4 Å².